The van der Waals surface area contributed by atoms with Crippen molar-refractivity contribution in [2.45, 2.75) is 0 Å². The first-order valence-corrected chi connectivity index (χ1v) is 16.7. The topological polar surface area (TPSA) is 30.7 Å². The fraction of sp³-hybridized carbons (Fsp3) is 0. The van der Waals surface area contributed by atoms with Gasteiger partial charge < -0.3 is 0 Å². The molecule has 2 aromatic heterocycles. The summed E-state index contributed by atoms with van der Waals surface area (Å²) in [7, 11) is 0. The van der Waals surface area contributed by atoms with Crippen molar-refractivity contribution < 1.29 is 0 Å². The SMILES string of the molecule is c1ccc(-c2cc(-n3c4ccccc4c4ccccc43)nc(-c3ccc(-c4c5ccccc5cc5c4ccc4ccccc45)cc3)n2)cc1. The van der Waals surface area contributed by atoms with Crippen LogP contribution in [0, 0.1) is 0 Å². The van der Waals surface area contributed by atoms with Crippen molar-refractivity contribution in [2.24, 2.45) is 0 Å². The maximum Gasteiger partial charge on any atom is 0.162 e. The highest BCUT2D eigenvalue weighted by Gasteiger charge is 2.17. The molecule has 228 valence electrons. The van der Waals surface area contributed by atoms with Gasteiger partial charge in [0.25, 0.3) is 0 Å². The molecule has 3 nitrogen and oxygen atoms in total. The summed E-state index contributed by atoms with van der Waals surface area (Å²) in [6.07, 6.45) is 0. The van der Waals surface area contributed by atoms with Crippen molar-refractivity contribution in [3.05, 3.63) is 176 Å². The second-order valence-electron chi connectivity index (χ2n) is 12.6. The van der Waals surface area contributed by atoms with Gasteiger partial charge in [-0.15, -0.1) is 0 Å². The number of nitrogens with zero attached hydrogens (tertiary/aromatic N) is 3. The molecule has 8 aromatic carbocycles. The highest BCUT2D eigenvalue weighted by Crippen LogP contribution is 2.40. The van der Waals surface area contributed by atoms with E-state index < -0.39 is 0 Å². The van der Waals surface area contributed by atoms with E-state index in [1.54, 1.807) is 0 Å². The smallest absolute Gasteiger partial charge is 0.162 e. The van der Waals surface area contributed by atoms with Gasteiger partial charge in [-0.05, 0) is 61.6 Å². The Kier molecular flexibility index (Phi) is 6.18. The summed E-state index contributed by atoms with van der Waals surface area (Å²) >= 11 is 0. The van der Waals surface area contributed by atoms with E-state index in [-0.39, 0.29) is 0 Å². The van der Waals surface area contributed by atoms with E-state index in [1.807, 2.05) is 6.07 Å². The van der Waals surface area contributed by atoms with Crippen molar-refractivity contribution in [3.8, 4) is 39.6 Å². The predicted octanol–water partition coefficient (Wildman–Crippen LogP) is 12.0. The van der Waals surface area contributed by atoms with Crippen molar-refractivity contribution in [3.63, 3.8) is 0 Å². The van der Waals surface area contributed by atoms with Gasteiger partial charge in [-0.2, -0.15) is 0 Å². The van der Waals surface area contributed by atoms with Gasteiger partial charge in [0.1, 0.15) is 5.82 Å². The average Bonchev–Trinajstić information content (AvgIpc) is 3.52. The summed E-state index contributed by atoms with van der Waals surface area (Å²) in [6, 6.07) is 62.6. The van der Waals surface area contributed by atoms with Crippen LogP contribution in [0.3, 0.4) is 0 Å². The van der Waals surface area contributed by atoms with Crippen LogP contribution in [0.5, 0.6) is 0 Å². The molecule has 10 rings (SSSR count). The van der Waals surface area contributed by atoms with Crippen LogP contribution >= 0.6 is 0 Å². The van der Waals surface area contributed by atoms with Crippen LogP contribution in [0.4, 0.5) is 0 Å². The fourth-order valence-electron chi connectivity index (χ4n) is 7.52. The van der Waals surface area contributed by atoms with Crippen molar-refractivity contribution in [2.75, 3.05) is 0 Å². The molecule has 0 bridgehead atoms. The Morgan fingerprint density at radius 2 is 0.939 bits per heavy atom. The van der Waals surface area contributed by atoms with Gasteiger partial charge in [0.2, 0.25) is 0 Å². The van der Waals surface area contributed by atoms with Gasteiger partial charge in [-0.3, -0.25) is 4.57 Å². The largest absolute Gasteiger partial charge is 0.294 e. The molecule has 2 heterocycles. The summed E-state index contributed by atoms with van der Waals surface area (Å²) in [6.45, 7) is 0. The van der Waals surface area contributed by atoms with Crippen LogP contribution in [-0.2, 0) is 0 Å². The minimum Gasteiger partial charge on any atom is -0.294 e. The van der Waals surface area contributed by atoms with Crippen LogP contribution in [0.2, 0.25) is 0 Å². The zero-order valence-electron chi connectivity index (χ0n) is 26.6. The molecule has 49 heavy (non-hydrogen) atoms. The molecule has 0 N–H and O–H groups in total. The highest BCUT2D eigenvalue weighted by atomic mass is 15.1. The van der Waals surface area contributed by atoms with Gasteiger partial charge in [0, 0.05) is 28.0 Å². The number of rotatable bonds is 4. The van der Waals surface area contributed by atoms with E-state index >= 15 is 0 Å². The van der Waals surface area contributed by atoms with Crippen LogP contribution in [0.15, 0.2) is 176 Å². The van der Waals surface area contributed by atoms with E-state index in [4.69, 9.17) is 9.97 Å². The molecular formula is C46H29N3. The molecule has 0 aliphatic rings. The zero-order valence-corrected chi connectivity index (χ0v) is 26.6. The number of benzene rings is 8. The molecule has 3 heteroatoms. The molecule has 0 fully saturated rings. The summed E-state index contributed by atoms with van der Waals surface area (Å²) in [5.74, 6) is 1.54. The van der Waals surface area contributed by atoms with E-state index in [2.05, 4.69) is 174 Å². The molecular weight excluding hydrogens is 595 g/mol. The molecule has 0 aliphatic heterocycles. The predicted molar refractivity (Wildman–Crippen MR) is 205 cm³/mol. The van der Waals surface area contributed by atoms with Crippen molar-refractivity contribution in [1.29, 1.82) is 0 Å². The van der Waals surface area contributed by atoms with Gasteiger partial charge in [-0.1, -0.05) is 152 Å². The minimum atomic E-state index is 0.693. The van der Waals surface area contributed by atoms with Crippen LogP contribution in [-0.4, -0.2) is 14.5 Å². The lowest BCUT2D eigenvalue weighted by Crippen LogP contribution is -2.02. The fourth-order valence-corrected chi connectivity index (χ4v) is 7.52. The number of aromatic nitrogens is 3. The van der Waals surface area contributed by atoms with Gasteiger partial charge in [0.05, 0.1) is 16.7 Å². The molecule has 0 atom stereocenters. The Labute approximate surface area is 283 Å². The lowest BCUT2D eigenvalue weighted by molar-refractivity contribution is 1.05. The molecule has 0 amide bonds. The molecule has 0 unspecified atom stereocenters. The van der Waals surface area contributed by atoms with Gasteiger partial charge in [-0.25, -0.2) is 9.97 Å². The lowest BCUT2D eigenvalue weighted by atomic mass is 9.89. The first-order valence-electron chi connectivity index (χ1n) is 16.7. The quantitative estimate of drug-likeness (QED) is 0.144. The Bertz CT molecular complexity index is 2810. The highest BCUT2D eigenvalue weighted by molar-refractivity contribution is 6.20. The average molecular weight is 624 g/mol. The van der Waals surface area contributed by atoms with E-state index in [0.29, 0.717) is 5.82 Å². The Balaban J connectivity index is 1.18. The van der Waals surface area contributed by atoms with Crippen molar-refractivity contribution >= 4 is 54.1 Å². The van der Waals surface area contributed by atoms with E-state index in [0.717, 1.165) is 33.7 Å². The number of hydrogen-bond acceptors (Lipinski definition) is 2. The first-order chi connectivity index (χ1) is 24.3. The zero-order chi connectivity index (χ0) is 32.3. The third-order valence-electron chi connectivity index (χ3n) is 9.79. The van der Waals surface area contributed by atoms with E-state index in [9.17, 15) is 0 Å². The Hall–Kier alpha value is -6.58. The third-order valence-corrected chi connectivity index (χ3v) is 9.79. The third kappa shape index (κ3) is 4.44. The summed E-state index contributed by atoms with van der Waals surface area (Å²) in [4.78, 5) is 10.4. The van der Waals surface area contributed by atoms with Crippen LogP contribution in [0.25, 0.3) is 93.7 Å². The van der Waals surface area contributed by atoms with Crippen molar-refractivity contribution in [1.82, 2.24) is 14.5 Å². The summed E-state index contributed by atoms with van der Waals surface area (Å²) < 4.78 is 2.27. The Morgan fingerprint density at radius 1 is 0.347 bits per heavy atom. The Morgan fingerprint density at radius 3 is 1.67 bits per heavy atom. The minimum absolute atomic E-state index is 0.693. The van der Waals surface area contributed by atoms with E-state index in [1.165, 1.54) is 54.2 Å². The summed E-state index contributed by atoms with van der Waals surface area (Å²) in [5, 5.41) is 9.94. The summed E-state index contributed by atoms with van der Waals surface area (Å²) in [5.41, 5.74) is 7.57. The monoisotopic (exact) mass is 623 g/mol. The first kappa shape index (κ1) is 27.5. The molecule has 0 spiro atoms. The maximum atomic E-state index is 5.26. The standard InChI is InChI=1S/C46H29N3/c1-2-13-31(14-3-1)41-29-44(49-42-20-10-8-18-37(42)38-19-9-11-21-43(38)49)48-46(47-41)33-24-22-32(23-25-33)45-36-17-7-5-15-34(36)28-40-35-16-6-4-12-30(35)26-27-39(40)45/h1-29H. The second-order valence-corrected chi connectivity index (χ2v) is 12.6. The molecule has 0 saturated heterocycles. The molecule has 0 radical (unpaired) electrons. The van der Waals surface area contributed by atoms with Crippen LogP contribution < -0.4 is 0 Å². The van der Waals surface area contributed by atoms with Gasteiger partial charge >= 0.3 is 0 Å². The molecule has 0 aliphatic carbocycles. The molecule has 10 aromatic rings. The maximum absolute atomic E-state index is 5.26. The molecule has 0 saturated carbocycles. The number of hydrogen-bond donors (Lipinski definition) is 0. The number of para-hydroxylation sites is 2. The van der Waals surface area contributed by atoms with Gasteiger partial charge in [0.15, 0.2) is 5.82 Å². The second kappa shape index (κ2) is 11.0. The normalized spacial score (nSPS) is 11.7. The van der Waals surface area contributed by atoms with Crippen LogP contribution in [0.1, 0.15) is 0 Å². The lowest BCUT2D eigenvalue weighted by Gasteiger charge is -2.15. The number of fused-ring (bicyclic) bond motifs is 7.